The molecule has 0 unspecified atom stereocenters. The number of aromatic nitrogens is 4. The van der Waals surface area contributed by atoms with Crippen molar-refractivity contribution in [1.82, 2.24) is 24.6 Å². The van der Waals surface area contributed by atoms with E-state index in [-0.39, 0.29) is 23.3 Å². The summed E-state index contributed by atoms with van der Waals surface area (Å²) in [6.07, 6.45) is 3.00. The fraction of sp³-hybridized carbons (Fsp3) is 0.263. The molecule has 1 aliphatic rings. The number of amides is 1. The molecule has 7 nitrogen and oxygen atoms in total. The summed E-state index contributed by atoms with van der Waals surface area (Å²) >= 11 is 0. The van der Waals surface area contributed by atoms with Crippen molar-refractivity contribution in [3.8, 4) is 5.82 Å². The summed E-state index contributed by atoms with van der Waals surface area (Å²) < 4.78 is 14.3. The zero-order valence-corrected chi connectivity index (χ0v) is 14.5. The number of piperidine rings is 1. The molecule has 0 saturated carbocycles. The maximum Gasteiger partial charge on any atom is 0.349 e. The Morgan fingerprint density at radius 1 is 1.11 bits per heavy atom. The van der Waals surface area contributed by atoms with Crippen LogP contribution < -0.4 is 5.69 Å². The number of rotatable bonds is 3. The molecule has 1 aliphatic heterocycles. The van der Waals surface area contributed by atoms with Gasteiger partial charge in [-0.25, -0.2) is 14.2 Å². The first kappa shape index (κ1) is 17.1. The van der Waals surface area contributed by atoms with Crippen LogP contribution in [0.15, 0.2) is 53.5 Å². The number of hydrogen-bond acceptors (Lipinski definition) is 4. The largest absolute Gasteiger partial charge is 0.349 e. The second-order valence-electron chi connectivity index (χ2n) is 6.49. The zero-order valence-electron chi connectivity index (χ0n) is 14.5. The molecule has 8 heteroatoms. The highest BCUT2D eigenvalue weighted by Crippen LogP contribution is 2.26. The number of hydrogen-bond donors (Lipinski definition) is 1. The molecule has 3 aromatic rings. The van der Waals surface area contributed by atoms with Gasteiger partial charge < -0.3 is 4.90 Å². The number of nitrogens with one attached hydrogen (secondary N) is 1. The van der Waals surface area contributed by atoms with Crippen LogP contribution in [0, 0.1) is 5.82 Å². The predicted octanol–water partition coefficient (Wildman–Crippen LogP) is 2.11. The van der Waals surface area contributed by atoms with E-state index in [0.29, 0.717) is 43.1 Å². The van der Waals surface area contributed by atoms with Crippen molar-refractivity contribution in [2.24, 2.45) is 0 Å². The SMILES string of the molecule is O=C(c1ccc(F)cc1)N1CCC(c2nn(-c3ccccn3)c(=O)[nH]2)CC1. The van der Waals surface area contributed by atoms with Gasteiger partial charge in [0.1, 0.15) is 11.6 Å². The van der Waals surface area contributed by atoms with Gasteiger partial charge in [0.2, 0.25) is 0 Å². The fourth-order valence-electron chi connectivity index (χ4n) is 3.29. The van der Waals surface area contributed by atoms with Crippen molar-refractivity contribution in [2.45, 2.75) is 18.8 Å². The molecule has 0 bridgehead atoms. The zero-order chi connectivity index (χ0) is 18.8. The average Bonchev–Trinajstić information content (AvgIpc) is 3.10. The van der Waals surface area contributed by atoms with Crippen LogP contribution in [0.4, 0.5) is 4.39 Å². The molecule has 0 atom stereocenters. The van der Waals surface area contributed by atoms with E-state index in [1.807, 2.05) is 0 Å². The number of aromatic amines is 1. The van der Waals surface area contributed by atoms with E-state index in [4.69, 9.17) is 0 Å². The van der Waals surface area contributed by atoms with Crippen molar-refractivity contribution in [3.05, 3.63) is 76.4 Å². The standard InChI is InChI=1S/C19H18FN5O2/c20-15-6-4-14(5-7-15)18(26)24-11-8-13(9-12-24)17-22-19(27)25(23-17)16-3-1-2-10-21-16/h1-7,10,13H,8-9,11-12H2,(H,22,23,27). The Balaban J connectivity index is 1.44. The summed E-state index contributed by atoms with van der Waals surface area (Å²) in [6, 6.07) is 10.9. The molecule has 0 spiro atoms. The lowest BCUT2D eigenvalue weighted by atomic mass is 9.95. The van der Waals surface area contributed by atoms with Gasteiger partial charge in [-0.3, -0.25) is 9.78 Å². The minimum atomic E-state index is -0.363. The predicted molar refractivity (Wildman–Crippen MR) is 96.3 cm³/mol. The Bertz CT molecular complexity index is 989. The quantitative estimate of drug-likeness (QED) is 0.769. The Morgan fingerprint density at radius 3 is 2.52 bits per heavy atom. The molecule has 4 rings (SSSR count). The Labute approximate surface area is 154 Å². The summed E-state index contributed by atoms with van der Waals surface area (Å²) in [4.78, 5) is 33.4. The number of halogens is 1. The van der Waals surface area contributed by atoms with Gasteiger partial charge in [-0.1, -0.05) is 6.07 Å². The van der Waals surface area contributed by atoms with Crippen LogP contribution in [0.3, 0.4) is 0 Å². The summed E-state index contributed by atoms with van der Waals surface area (Å²) in [7, 11) is 0. The molecule has 1 N–H and O–H groups in total. The molecule has 2 aromatic heterocycles. The van der Waals surface area contributed by atoms with E-state index < -0.39 is 0 Å². The lowest BCUT2D eigenvalue weighted by molar-refractivity contribution is 0.0711. The second kappa shape index (κ2) is 7.14. The maximum atomic E-state index is 13.0. The number of carbonyl (C=O) groups excluding carboxylic acids is 1. The Morgan fingerprint density at radius 2 is 1.85 bits per heavy atom. The number of pyridine rings is 1. The first-order valence-electron chi connectivity index (χ1n) is 8.77. The van der Waals surface area contributed by atoms with Crippen LogP contribution in [-0.2, 0) is 0 Å². The van der Waals surface area contributed by atoms with Gasteiger partial charge in [-0.05, 0) is 49.2 Å². The fourth-order valence-corrected chi connectivity index (χ4v) is 3.29. The number of likely N-dealkylation sites (tertiary alicyclic amines) is 1. The van der Waals surface area contributed by atoms with Gasteiger partial charge in [-0.15, -0.1) is 5.10 Å². The van der Waals surface area contributed by atoms with Gasteiger partial charge in [0, 0.05) is 30.8 Å². The van der Waals surface area contributed by atoms with E-state index >= 15 is 0 Å². The minimum absolute atomic E-state index is 0.0694. The van der Waals surface area contributed by atoms with Crippen molar-refractivity contribution >= 4 is 5.91 Å². The van der Waals surface area contributed by atoms with E-state index in [1.165, 1.54) is 28.9 Å². The molecule has 138 valence electrons. The molecule has 1 saturated heterocycles. The summed E-state index contributed by atoms with van der Waals surface area (Å²) in [5.41, 5.74) is 0.149. The van der Waals surface area contributed by atoms with Gasteiger partial charge in [-0.2, -0.15) is 4.68 Å². The first-order valence-corrected chi connectivity index (χ1v) is 8.77. The molecule has 1 fully saturated rings. The van der Waals surface area contributed by atoms with Crippen LogP contribution in [0.25, 0.3) is 5.82 Å². The molecular formula is C19H18FN5O2. The third kappa shape index (κ3) is 3.51. The third-order valence-electron chi connectivity index (χ3n) is 4.76. The molecule has 1 amide bonds. The highest BCUT2D eigenvalue weighted by atomic mass is 19.1. The van der Waals surface area contributed by atoms with Crippen LogP contribution >= 0.6 is 0 Å². The van der Waals surface area contributed by atoms with Crippen LogP contribution in [0.5, 0.6) is 0 Å². The normalized spacial score (nSPS) is 15.1. The summed E-state index contributed by atoms with van der Waals surface area (Å²) in [5, 5.41) is 4.38. The van der Waals surface area contributed by atoms with Crippen LogP contribution in [0.2, 0.25) is 0 Å². The molecule has 3 heterocycles. The number of benzene rings is 1. The van der Waals surface area contributed by atoms with Crippen molar-refractivity contribution in [3.63, 3.8) is 0 Å². The Hall–Kier alpha value is -3.29. The van der Waals surface area contributed by atoms with E-state index in [0.717, 1.165) is 0 Å². The number of H-pyrrole nitrogens is 1. The molecule has 0 radical (unpaired) electrons. The first-order chi connectivity index (χ1) is 13.1. The van der Waals surface area contributed by atoms with Gasteiger partial charge in [0.05, 0.1) is 0 Å². The summed E-state index contributed by atoms with van der Waals surface area (Å²) in [5.74, 6) is 0.673. The highest BCUT2D eigenvalue weighted by Gasteiger charge is 2.27. The van der Waals surface area contributed by atoms with E-state index in [1.54, 1.807) is 29.3 Å². The lowest BCUT2D eigenvalue weighted by Crippen LogP contribution is -2.38. The maximum absolute atomic E-state index is 13.0. The number of nitrogens with zero attached hydrogens (tertiary/aromatic N) is 4. The van der Waals surface area contributed by atoms with Crippen LogP contribution in [0.1, 0.15) is 34.9 Å². The second-order valence-corrected chi connectivity index (χ2v) is 6.49. The minimum Gasteiger partial charge on any atom is -0.339 e. The van der Waals surface area contributed by atoms with Crippen molar-refractivity contribution in [2.75, 3.05) is 13.1 Å². The van der Waals surface area contributed by atoms with E-state index in [2.05, 4.69) is 15.1 Å². The molecule has 1 aromatic carbocycles. The monoisotopic (exact) mass is 367 g/mol. The lowest BCUT2D eigenvalue weighted by Gasteiger charge is -2.31. The molecular weight excluding hydrogens is 349 g/mol. The third-order valence-corrected chi connectivity index (χ3v) is 4.76. The smallest absolute Gasteiger partial charge is 0.339 e. The average molecular weight is 367 g/mol. The molecule has 0 aliphatic carbocycles. The Kier molecular flexibility index (Phi) is 4.53. The van der Waals surface area contributed by atoms with Gasteiger partial charge in [0.15, 0.2) is 5.82 Å². The van der Waals surface area contributed by atoms with Crippen molar-refractivity contribution in [1.29, 1.82) is 0 Å². The van der Waals surface area contributed by atoms with Gasteiger partial charge in [0.25, 0.3) is 5.91 Å². The van der Waals surface area contributed by atoms with E-state index in [9.17, 15) is 14.0 Å². The van der Waals surface area contributed by atoms with Gasteiger partial charge >= 0.3 is 5.69 Å². The van der Waals surface area contributed by atoms with Crippen LogP contribution in [-0.4, -0.2) is 43.6 Å². The van der Waals surface area contributed by atoms with Crippen molar-refractivity contribution < 1.29 is 9.18 Å². The number of carbonyl (C=O) groups is 1. The topological polar surface area (TPSA) is 83.9 Å². The highest BCUT2D eigenvalue weighted by molar-refractivity contribution is 5.94. The summed E-state index contributed by atoms with van der Waals surface area (Å²) in [6.45, 7) is 1.11. The molecule has 27 heavy (non-hydrogen) atoms.